The quantitative estimate of drug-likeness (QED) is 0.898. The maximum absolute atomic E-state index is 12.3. The Labute approximate surface area is 121 Å². The zero-order valence-corrected chi connectivity index (χ0v) is 12.6. The van der Waals surface area contributed by atoms with Crippen LogP contribution in [0.1, 0.15) is 17.5 Å². The fourth-order valence-corrected chi connectivity index (χ4v) is 2.60. The van der Waals surface area contributed by atoms with Crippen molar-refractivity contribution in [1.82, 2.24) is 15.1 Å². The highest BCUT2D eigenvalue weighted by atomic mass is 16.2. The number of aryl methyl sites for hydroxylation is 1. The molecule has 1 fully saturated rings. The Morgan fingerprint density at radius 3 is 3.00 bits per heavy atom. The van der Waals surface area contributed by atoms with Crippen LogP contribution in [0.2, 0.25) is 0 Å². The number of rotatable bonds is 4. The minimum Gasteiger partial charge on any atom is -0.340 e. The van der Waals surface area contributed by atoms with E-state index in [0.29, 0.717) is 6.54 Å². The summed E-state index contributed by atoms with van der Waals surface area (Å²) in [6, 6.07) is 8.46. The number of amides is 1. The molecule has 20 heavy (non-hydrogen) atoms. The molecule has 1 aromatic carbocycles. The van der Waals surface area contributed by atoms with Crippen LogP contribution in [-0.4, -0.2) is 55.5 Å². The van der Waals surface area contributed by atoms with Crippen molar-refractivity contribution in [1.29, 1.82) is 0 Å². The lowest BCUT2D eigenvalue weighted by molar-refractivity contribution is -0.132. The van der Waals surface area contributed by atoms with Crippen LogP contribution in [0.4, 0.5) is 0 Å². The summed E-state index contributed by atoms with van der Waals surface area (Å²) in [5, 5.41) is 3.32. The number of carbonyl (C=O) groups is 1. The number of benzene rings is 1. The first kappa shape index (κ1) is 15.0. The second kappa shape index (κ2) is 7.41. The molecule has 1 aliphatic heterocycles. The number of likely N-dealkylation sites (N-methyl/N-ethyl adjacent to an activating group) is 1. The van der Waals surface area contributed by atoms with Crippen LogP contribution in [0.5, 0.6) is 0 Å². The summed E-state index contributed by atoms with van der Waals surface area (Å²) >= 11 is 0. The second-order valence-electron chi connectivity index (χ2n) is 5.65. The highest BCUT2D eigenvalue weighted by molar-refractivity contribution is 5.78. The molecule has 1 heterocycles. The Bertz CT molecular complexity index is 439. The van der Waals surface area contributed by atoms with Crippen molar-refractivity contribution in [3.8, 4) is 0 Å². The lowest BCUT2D eigenvalue weighted by Crippen LogP contribution is -2.40. The molecule has 0 saturated carbocycles. The molecule has 1 saturated heterocycles. The number of carbonyl (C=O) groups excluding carboxylic acids is 1. The Morgan fingerprint density at radius 1 is 1.35 bits per heavy atom. The molecule has 0 aromatic heterocycles. The van der Waals surface area contributed by atoms with Crippen molar-refractivity contribution in [2.24, 2.45) is 0 Å². The molecule has 0 spiro atoms. The van der Waals surface area contributed by atoms with E-state index in [9.17, 15) is 4.79 Å². The molecule has 0 atom stereocenters. The van der Waals surface area contributed by atoms with Crippen LogP contribution in [0.25, 0.3) is 0 Å². The molecule has 0 unspecified atom stereocenters. The summed E-state index contributed by atoms with van der Waals surface area (Å²) in [5.74, 6) is 0.240. The molecule has 1 N–H and O–H groups in total. The van der Waals surface area contributed by atoms with Crippen molar-refractivity contribution in [3.63, 3.8) is 0 Å². The summed E-state index contributed by atoms with van der Waals surface area (Å²) in [7, 11) is 2.01. The van der Waals surface area contributed by atoms with Gasteiger partial charge in [-0.3, -0.25) is 9.69 Å². The minimum absolute atomic E-state index is 0.240. The third-order valence-corrected chi connectivity index (χ3v) is 3.63. The van der Waals surface area contributed by atoms with Gasteiger partial charge in [0.05, 0.1) is 6.54 Å². The van der Waals surface area contributed by atoms with E-state index in [1.165, 1.54) is 11.1 Å². The van der Waals surface area contributed by atoms with Gasteiger partial charge in [0.1, 0.15) is 0 Å². The maximum Gasteiger partial charge on any atom is 0.236 e. The predicted molar refractivity (Wildman–Crippen MR) is 81.6 cm³/mol. The van der Waals surface area contributed by atoms with Crippen molar-refractivity contribution in [2.45, 2.75) is 19.9 Å². The molecule has 1 amide bonds. The van der Waals surface area contributed by atoms with Crippen LogP contribution >= 0.6 is 0 Å². The van der Waals surface area contributed by atoms with E-state index in [1.807, 2.05) is 11.9 Å². The molecule has 4 nitrogen and oxygen atoms in total. The van der Waals surface area contributed by atoms with Gasteiger partial charge in [0.15, 0.2) is 0 Å². The van der Waals surface area contributed by atoms with Crippen LogP contribution < -0.4 is 5.32 Å². The Balaban J connectivity index is 1.84. The van der Waals surface area contributed by atoms with Gasteiger partial charge in [0.2, 0.25) is 5.91 Å². The first-order valence-corrected chi connectivity index (χ1v) is 7.38. The fraction of sp³-hybridized carbons (Fsp3) is 0.562. The first-order valence-electron chi connectivity index (χ1n) is 7.38. The summed E-state index contributed by atoms with van der Waals surface area (Å²) in [5.41, 5.74) is 2.53. The Hall–Kier alpha value is -1.39. The first-order chi connectivity index (χ1) is 9.65. The van der Waals surface area contributed by atoms with E-state index in [2.05, 4.69) is 41.4 Å². The lowest BCUT2D eigenvalue weighted by atomic mass is 10.1. The highest BCUT2D eigenvalue weighted by Crippen LogP contribution is 2.07. The van der Waals surface area contributed by atoms with Crippen molar-refractivity contribution in [3.05, 3.63) is 35.4 Å². The fourth-order valence-electron chi connectivity index (χ4n) is 2.60. The van der Waals surface area contributed by atoms with Crippen LogP contribution in [0.15, 0.2) is 24.3 Å². The monoisotopic (exact) mass is 275 g/mol. The largest absolute Gasteiger partial charge is 0.340 e. The van der Waals surface area contributed by atoms with Crippen LogP contribution in [0, 0.1) is 6.92 Å². The van der Waals surface area contributed by atoms with Gasteiger partial charge in [0.25, 0.3) is 0 Å². The van der Waals surface area contributed by atoms with E-state index < -0.39 is 0 Å². The molecule has 4 heteroatoms. The van der Waals surface area contributed by atoms with Gasteiger partial charge in [-0.2, -0.15) is 0 Å². The minimum atomic E-state index is 0.240. The molecular formula is C16H25N3O. The normalized spacial score (nSPS) is 16.2. The van der Waals surface area contributed by atoms with Gasteiger partial charge in [-0.25, -0.2) is 0 Å². The molecule has 2 rings (SSSR count). The summed E-state index contributed by atoms with van der Waals surface area (Å²) in [4.78, 5) is 16.3. The Morgan fingerprint density at radius 2 is 2.20 bits per heavy atom. The number of nitrogens with one attached hydrogen (secondary N) is 1. The molecule has 110 valence electrons. The third kappa shape index (κ3) is 4.62. The maximum atomic E-state index is 12.3. The van der Waals surface area contributed by atoms with E-state index >= 15 is 0 Å². The standard InChI is InChI=1S/C16H25N3O/c1-14-5-3-6-15(11-14)12-18(2)13-16(20)19-9-4-7-17-8-10-19/h3,5-6,11,17H,4,7-10,12-13H2,1-2H3. The molecule has 0 aliphatic carbocycles. The van der Waals surface area contributed by atoms with Crippen molar-refractivity contribution in [2.75, 3.05) is 39.8 Å². The van der Waals surface area contributed by atoms with Gasteiger partial charge in [-0.1, -0.05) is 29.8 Å². The predicted octanol–water partition coefficient (Wildman–Crippen LogP) is 1.25. The average molecular weight is 275 g/mol. The number of hydrogen-bond donors (Lipinski definition) is 1. The molecule has 0 bridgehead atoms. The average Bonchev–Trinajstić information content (AvgIpc) is 2.67. The van der Waals surface area contributed by atoms with Gasteiger partial charge in [-0.05, 0) is 32.5 Å². The summed E-state index contributed by atoms with van der Waals surface area (Å²) in [6.07, 6.45) is 1.05. The highest BCUT2D eigenvalue weighted by Gasteiger charge is 2.16. The zero-order valence-electron chi connectivity index (χ0n) is 12.6. The number of nitrogens with zero attached hydrogens (tertiary/aromatic N) is 2. The van der Waals surface area contributed by atoms with Crippen LogP contribution in [-0.2, 0) is 11.3 Å². The van der Waals surface area contributed by atoms with Crippen molar-refractivity contribution >= 4 is 5.91 Å². The summed E-state index contributed by atoms with van der Waals surface area (Å²) < 4.78 is 0. The van der Waals surface area contributed by atoms with Crippen molar-refractivity contribution < 1.29 is 4.79 Å². The van der Waals surface area contributed by atoms with Gasteiger partial charge >= 0.3 is 0 Å². The second-order valence-corrected chi connectivity index (χ2v) is 5.65. The topological polar surface area (TPSA) is 35.6 Å². The van der Waals surface area contributed by atoms with E-state index in [4.69, 9.17) is 0 Å². The lowest BCUT2D eigenvalue weighted by Gasteiger charge is -2.24. The van der Waals surface area contributed by atoms with Crippen LogP contribution in [0.3, 0.4) is 0 Å². The third-order valence-electron chi connectivity index (χ3n) is 3.63. The smallest absolute Gasteiger partial charge is 0.236 e. The SMILES string of the molecule is Cc1cccc(CN(C)CC(=O)N2CCCNCC2)c1. The molecular weight excluding hydrogens is 250 g/mol. The van der Waals surface area contributed by atoms with E-state index in [-0.39, 0.29) is 5.91 Å². The van der Waals surface area contributed by atoms with Gasteiger partial charge < -0.3 is 10.2 Å². The van der Waals surface area contributed by atoms with Gasteiger partial charge in [0, 0.05) is 26.2 Å². The molecule has 1 aliphatic rings. The molecule has 0 radical (unpaired) electrons. The van der Waals surface area contributed by atoms with E-state index in [0.717, 1.165) is 39.1 Å². The zero-order chi connectivity index (χ0) is 14.4. The molecule has 1 aromatic rings. The number of hydrogen-bond acceptors (Lipinski definition) is 3. The van der Waals surface area contributed by atoms with Gasteiger partial charge in [-0.15, -0.1) is 0 Å². The summed E-state index contributed by atoms with van der Waals surface area (Å²) in [6.45, 7) is 7.05. The van der Waals surface area contributed by atoms with E-state index in [1.54, 1.807) is 0 Å². The Kier molecular flexibility index (Phi) is 5.56.